The van der Waals surface area contributed by atoms with Crippen molar-refractivity contribution in [2.75, 3.05) is 18.8 Å². The van der Waals surface area contributed by atoms with Gasteiger partial charge in [0.05, 0.1) is 12.1 Å². The Bertz CT molecular complexity index is 1900. The summed E-state index contributed by atoms with van der Waals surface area (Å²) in [5, 5.41) is 11.4. The van der Waals surface area contributed by atoms with Crippen LogP contribution in [-0.4, -0.2) is 54.8 Å². The molecule has 4 aromatic rings. The van der Waals surface area contributed by atoms with Gasteiger partial charge in [-0.25, -0.2) is 23.1 Å². The van der Waals surface area contributed by atoms with Crippen LogP contribution in [0.3, 0.4) is 0 Å². The number of alkyl halides is 1. The van der Waals surface area contributed by atoms with Gasteiger partial charge in [0.15, 0.2) is 11.4 Å². The van der Waals surface area contributed by atoms with E-state index in [1.165, 1.54) is 47.4 Å². The number of halogens is 3. The van der Waals surface area contributed by atoms with Gasteiger partial charge in [0, 0.05) is 37.7 Å². The van der Waals surface area contributed by atoms with E-state index in [9.17, 15) is 23.5 Å². The number of piperidine rings is 1. The molecule has 12 heteroatoms. The number of carbonyl (C=O) groups is 1. The number of likely N-dealkylation sites (tertiary alicyclic amines) is 1. The van der Waals surface area contributed by atoms with Gasteiger partial charge in [-0.1, -0.05) is 36.3 Å². The number of hydrogen-bond acceptors (Lipinski definition) is 7. The Labute approximate surface area is 275 Å². The van der Waals surface area contributed by atoms with E-state index in [1.807, 2.05) is 30.3 Å². The molecule has 2 aliphatic rings. The van der Waals surface area contributed by atoms with Crippen molar-refractivity contribution in [3.8, 4) is 23.5 Å². The molecule has 1 amide bonds. The molecular weight excluding hydrogens is 623 g/mol. The number of nitrogen functional groups attached to an aromatic ring is 1. The average molecular weight is 658 g/mol. The first-order valence-corrected chi connectivity index (χ1v) is 15.7. The van der Waals surface area contributed by atoms with Crippen LogP contribution in [0.2, 0.25) is 0 Å². The van der Waals surface area contributed by atoms with Gasteiger partial charge in [0.1, 0.15) is 29.4 Å². The van der Waals surface area contributed by atoms with E-state index in [1.54, 1.807) is 4.90 Å². The van der Waals surface area contributed by atoms with Gasteiger partial charge in [0.25, 0.3) is 5.56 Å². The van der Waals surface area contributed by atoms with E-state index < -0.39 is 40.3 Å². The maximum atomic E-state index is 16.2. The number of amides is 1. The number of hydrogen-bond donors (Lipinski definition) is 2. The first-order valence-electron chi connectivity index (χ1n) is 15.7. The Hall–Kier alpha value is -5.15. The lowest BCUT2D eigenvalue weighted by atomic mass is 9.69. The fourth-order valence-electron chi connectivity index (χ4n) is 6.44. The molecule has 3 N–H and O–H groups in total. The summed E-state index contributed by atoms with van der Waals surface area (Å²) in [6, 6.07) is 16.8. The molecule has 0 unspecified atom stereocenters. The summed E-state index contributed by atoms with van der Waals surface area (Å²) in [7, 11) is 0. The Morgan fingerprint density at radius 1 is 1.02 bits per heavy atom. The van der Waals surface area contributed by atoms with Crippen LogP contribution in [0.1, 0.15) is 49.3 Å². The fraction of sp³-hybridized carbons (Fsp3) is 0.333. The van der Waals surface area contributed by atoms with Crippen molar-refractivity contribution in [2.24, 2.45) is 5.92 Å². The highest BCUT2D eigenvalue weighted by molar-refractivity contribution is 5.80. The SMILES string of the molecule is Nc1c(Oc2ccc(F)cc2)ncn(CC2(O)CCN(C(=O)[C@@H]3CC[C@](F)(C#Cc4cc(F)ccn4)C[C@H]3c3ccccc3)CC2)c1=O. The van der Waals surface area contributed by atoms with Crippen LogP contribution in [0.5, 0.6) is 11.6 Å². The van der Waals surface area contributed by atoms with Crippen molar-refractivity contribution < 1.29 is 27.8 Å². The average Bonchev–Trinajstić information content (AvgIpc) is 3.09. The van der Waals surface area contributed by atoms with Crippen LogP contribution in [-0.2, 0) is 11.3 Å². The standard InChI is InChI=1S/C36H34F3N5O4/c37-25-6-8-28(9-7-25)48-32-31(40)34(46)44(23-42-32)22-36(47)15-18-43(19-16-36)33(45)29-11-14-35(39,13-10-27-20-26(38)12-17-41-27)21-30(29)24-4-2-1-3-5-24/h1-9,12,17,20,23,29-30,47H,11,14-16,18-19,21-22,40H2/t29-,30+,35-/m1/s1. The van der Waals surface area contributed by atoms with Crippen LogP contribution in [0, 0.1) is 29.4 Å². The van der Waals surface area contributed by atoms with Gasteiger partial charge in [-0.05, 0) is 73.4 Å². The molecule has 0 bridgehead atoms. The van der Waals surface area contributed by atoms with Crippen molar-refractivity contribution in [1.29, 1.82) is 0 Å². The zero-order valence-corrected chi connectivity index (χ0v) is 26.0. The third-order valence-corrected chi connectivity index (χ3v) is 9.10. The lowest BCUT2D eigenvalue weighted by molar-refractivity contribution is -0.142. The molecule has 1 aliphatic heterocycles. The quantitative estimate of drug-likeness (QED) is 0.280. The monoisotopic (exact) mass is 657 g/mol. The van der Waals surface area contributed by atoms with Crippen molar-refractivity contribution in [1.82, 2.24) is 19.4 Å². The molecule has 1 saturated carbocycles. The second-order valence-corrected chi connectivity index (χ2v) is 12.4. The van der Waals surface area contributed by atoms with Gasteiger partial charge in [-0.3, -0.25) is 14.2 Å². The van der Waals surface area contributed by atoms with Crippen LogP contribution >= 0.6 is 0 Å². The van der Waals surface area contributed by atoms with Crippen molar-refractivity contribution >= 4 is 11.6 Å². The molecule has 2 aromatic carbocycles. The van der Waals surface area contributed by atoms with Crippen LogP contribution in [0.15, 0.2) is 84.0 Å². The maximum Gasteiger partial charge on any atom is 0.280 e. The minimum Gasteiger partial charge on any atom is -0.437 e. The highest BCUT2D eigenvalue weighted by Crippen LogP contribution is 2.45. The Morgan fingerprint density at radius 3 is 2.46 bits per heavy atom. The number of rotatable bonds is 6. The third-order valence-electron chi connectivity index (χ3n) is 9.10. The summed E-state index contributed by atoms with van der Waals surface area (Å²) >= 11 is 0. The normalized spacial score (nSPS) is 22.0. The molecule has 1 aliphatic carbocycles. The molecule has 1 saturated heterocycles. The number of anilines is 1. The minimum atomic E-state index is -1.89. The number of aromatic nitrogens is 3. The van der Waals surface area contributed by atoms with Crippen molar-refractivity contribution in [2.45, 2.75) is 55.8 Å². The number of nitrogens with zero attached hydrogens (tertiary/aromatic N) is 4. The topological polar surface area (TPSA) is 124 Å². The van der Waals surface area contributed by atoms with Crippen LogP contribution < -0.4 is 16.0 Å². The van der Waals surface area contributed by atoms with E-state index in [4.69, 9.17) is 10.5 Å². The van der Waals surface area contributed by atoms with Crippen molar-refractivity contribution in [3.63, 3.8) is 0 Å². The summed E-state index contributed by atoms with van der Waals surface area (Å²) in [6.45, 7) is 0.381. The number of ether oxygens (including phenoxy) is 1. The van der Waals surface area contributed by atoms with Crippen LogP contribution in [0.25, 0.3) is 0 Å². The van der Waals surface area contributed by atoms with E-state index in [0.29, 0.717) is 0 Å². The molecule has 9 nitrogen and oxygen atoms in total. The van der Waals surface area contributed by atoms with E-state index in [-0.39, 0.29) is 80.7 Å². The molecule has 6 rings (SSSR count). The summed E-state index contributed by atoms with van der Waals surface area (Å²) < 4.78 is 49.8. The molecule has 2 fully saturated rings. The molecule has 2 aromatic heterocycles. The Morgan fingerprint density at radius 2 is 1.75 bits per heavy atom. The smallest absolute Gasteiger partial charge is 0.280 e. The van der Waals surface area contributed by atoms with E-state index in [2.05, 4.69) is 21.8 Å². The lowest BCUT2D eigenvalue weighted by Gasteiger charge is -2.43. The minimum absolute atomic E-state index is 0.00821. The largest absolute Gasteiger partial charge is 0.437 e. The highest BCUT2D eigenvalue weighted by Gasteiger charge is 2.46. The highest BCUT2D eigenvalue weighted by atomic mass is 19.1. The zero-order chi connectivity index (χ0) is 33.9. The Balaban J connectivity index is 1.12. The first kappa shape index (κ1) is 32.8. The molecule has 0 spiro atoms. The zero-order valence-electron chi connectivity index (χ0n) is 26.0. The lowest BCUT2D eigenvalue weighted by Crippen LogP contribution is -2.52. The molecular formula is C36H34F3N5O4. The van der Waals surface area contributed by atoms with Gasteiger partial charge >= 0.3 is 0 Å². The van der Waals surface area contributed by atoms with E-state index >= 15 is 4.39 Å². The van der Waals surface area contributed by atoms with Crippen LogP contribution in [0.4, 0.5) is 18.9 Å². The predicted molar refractivity (Wildman–Crippen MR) is 172 cm³/mol. The second kappa shape index (κ2) is 13.5. The summed E-state index contributed by atoms with van der Waals surface area (Å²) in [5.74, 6) is 3.43. The second-order valence-electron chi connectivity index (χ2n) is 12.4. The summed E-state index contributed by atoms with van der Waals surface area (Å²) in [5.41, 5.74) is 2.90. The third kappa shape index (κ3) is 7.37. The number of carbonyl (C=O) groups excluding carboxylic acids is 1. The summed E-state index contributed by atoms with van der Waals surface area (Å²) in [6.07, 6.45) is 3.18. The molecule has 3 atom stereocenters. The first-order chi connectivity index (χ1) is 23.0. The molecule has 48 heavy (non-hydrogen) atoms. The maximum absolute atomic E-state index is 16.2. The molecule has 3 heterocycles. The fourth-order valence-corrected chi connectivity index (χ4v) is 6.44. The number of aliphatic hydroxyl groups is 1. The summed E-state index contributed by atoms with van der Waals surface area (Å²) in [4.78, 5) is 36.8. The van der Waals surface area contributed by atoms with Crippen molar-refractivity contribution in [3.05, 3.63) is 112 Å². The molecule has 248 valence electrons. The predicted octanol–water partition coefficient (Wildman–Crippen LogP) is 4.99. The van der Waals surface area contributed by atoms with Gasteiger partial charge in [-0.15, -0.1) is 0 Å². The number of nitrogens with two attached hydrogens (primary N) is 1. The van der Waals surface area contributed by atoms with Gasteiger partial charge in [0.2, 0.25) is 11.8 Å². The Kier molecular flexibility index (Phi) is 9.24. The van der Waals surface area contributed by atoms with Gasteiger partial charge in [-0.2, -0.15) is 0 Å². The number of benzene rings is 2. The van der Waals surface area contributed by atoms with E-state index in [0.717, 1.165) is 11.6 Å². The molecule has 0 radical (unpaired) electrons. The van der Waals surface area contributed by atoms with Gasteiger partial charge < -0.3 is 20.5 Å². The number of pyridine rings is 1.